The first-order chi connectivity index (χ1) is 20.0. The van der Waals surface area contributed by atoms with Crippen molar-refractivity contribution in [2.24, 2.45) is 5.92 Å². The van der Waals surface area contributed by atoms with Crippen molar-refractivity contribution in [1.82, 2.24) is 30.6 Å². The van der Waals surface area contributed by atoms with E-state index >= 15 is 0 Å². The monoisotopic (exact) mass is 618 g/mol. The average Bonchev–Trinajstić information content (AvgIpc) is 3.31. The minimum Gasteiger partial charge on any atom is -0.395 e. The van der Waals surface area contributed by atoms with Gasteiger partial charge in [0.2, 0.25) is 11.8 Å². The largest absolute Gasteiger partial charge is 0.395 e. The molecule has 3 amide bonds. The number of carbonyl (C=O) groups excluding carboxylic acids is 3. The number of halogens is 1. The van der Waals surface area contributed by atoms with Crippen LogP contribution in [0.5, 0.6) is 0 Å². The van der Waals surface area contributed by atoms with Crippen LogP contribution in [0.2, 0.25) is 0 Å². The summed E-state index contributed by atoms with van der Waals surface area (Å²) in [4.78, 5) is 44.0. The molecule has 238 valence electrons. The molecule has 2 aliphatic rings. The van der Waals surface area contributed by atoms with E-state index in [4.69, 9.17) is 5.11 Å². The molecule has 3 atom stereocenters. The summed E-state index contributed by atoms with van der Waals surface area (Å²) >= 11 is 0. The molecule has 11 nitrogen and oxygen atoms in total. The van der Waals surface area contributed by atoms with E-state index in [0.29, 0.717) is 38.0 Å². The molecule has 2 aromatic rings. The van der Waals surface area contributed by atoms with E-state index in [-0.39, 0.29) is 55.2 Å². The third-order valence-corrected chi connectivity index (χ3v) is 8.85. The number of rotatable bonds is 11. The van der Waals surface area contributed by atoms with Crippen LogP contribution in [0, 0.1) is 19.8 Å². The van der Waals surface area contributed by atoms with E-state index in [0.717, 1.165) is 35.4 Å². The van der Waals surface area contributed by atoms with E-state index < -0.39 is 17.7 Å². The number of aliphatic hydroxyl groups is 2. The first-order valence-corrected chi connectivity index (χ1v) is 15.1. The number of aryl methyl sites for hydroxylation is 2. The lowest BCUT2D eigenvalue weighted by molar-refractivity contribution is -0.165. The van der Waals surface area contributed by atoms with Crippen molar-refractivity contribution < 1.29 is 24.6 Å². The number of benzene rings is 1. The van der Waals surface area contributed by atoms with Crippen molar-refractivity contribution in [2.45, 2.75) is 84.0 Å². The highest BCUT2D eigenvalue weighted by molar-refractivity contribution is 6.00. The van der Waals surface area contributed by atoms with Crippen molar-refractivity contribution in [3.8, 4) is 0 Å². The fraction of sp³-hybridized carbons (Fsp3) is 0.613. The Bertz CT molecular complexity index is 1240. The second kappa shape index (κ2) is 14.7. The van der Waals surface area contributed by atoms with Gasteiger partial charge in [0.05, 0.1) is 24.4 Å². The molecule has 0 aliphatic carbocycles. The molecule has 4 rings (SSSR count). The standard InChI is InChI=1S/C31H46N6O5.ClH/c1-6-7-15-37-29(41)25(27(39)19(2)3)33-30(42)31(37)12-16-36(17-13-31)26(24-20(4)34-35-21(24)5)22-8-10-23(11-9-22)28(40)32-14-18-38;/h8-11,19,25-27,38-39H,6-7,12-18H2,1-5H3,(H,32,40)(H,33,42)(H,34,35);1H/t25-,26?,27-;/m1./s1. The van der Waals surface area contributed by atoms with Crippen molar-refractivity contribution in [2.75, 3.05) is 32.8 Å². The number of carbonyl (C=O) groups is 3. The minimum absolute atomic E-state index is 0. The van der Waals surface area contributed by atoms with Gasteiger partial charge in [-0.25, -0.2) is 0 Å². The molecule has 1 spiro atoms. The first-order valence-electron chi connectivity index (χ1n) is 15.1. The number of nitrogens with zero attached hydrogens (tertiary/aromatic N) is 3. The first kappa shape index (κ1) is 34.5. The van der Waals surface area contributed by atoms with Crippen LogP contribution in [-0.2, 0) is 9.59 Å². The quantitative estimate of drug-likeness (QED) is 0.259. The van der Waals surface area contributed by atoms with Crippen molar-refractivity contribution in [3.05, 3.63) is 52.3 Å². The zero-order chi connectivity index (χ0) is 30.6. The van der Waals surface area contributed by atoms with Crippen LogP contribution < -0.4 is 10.6 Å². The van der Waals surface area contributed by atoms with Crippen LogP contribution in [0.15, 0.2) is 24.3 Å². The molecule has 2 aliphatic heterocycles. The zero-order valence-corrected chi connectivity index (χ0v) is 26.7. The minimum atomic E-state index is -0.963. The molecule has 3 heterocycles. The number of likely N-dealkylation sites (tertiary alicyclic amines) is 1. The predicted molar refractivity (Wildman–Crippen MR) is 166 cm³/mol. The second-order valence-corrected chi connectivity index (χ2v) is 11.9. The Hall–Kier alpha value is -2.99. The number of H-pyrrole nitrogens is 1. The molecule has 1 aromatic heterocycles. The van der Waals surface area contributed by atoms with Gasteiger partial charge in [0.25, 0.3) is 5.91 Å². The number of hydrogen-bond acceptors (Lipinski definition) is 7. The summed E-state index contributed by atoms with van der Waals surface area (Å²) in [5.41, 5.74) is 3.41. The van der Waals surface area contributed by atoms with Gasteiger partial charge in [-0.15, -0.1) is 12.4 Å². The van der Waals surface area contributed by atoms with Gasteiger partial charge in [0, 0.05) is 43.0 Å². The Kier molecular flexibility index (Phi) is 11.8. The fourth-order valence-electron chi connectivity index (χ4n) is 6.36. The molecule has 5 N–H and O–H groups in total. The van der Waals surface area contributed by atoms with Crippen molar-refractivity contribution in [3.63, 3.8) is 0 Å². The van der Waals surface area contributed by atoms with E-state index in [9.17, 15) is 19.5 Å². The highest BCUT2D eigenvalue weighted by Gasteiger charge is 2.55. The smallest absolute Gasteiger partial charge is 0.251 e. The lowest BCUT2D eigenvalue weighted by Gasteiger charge is -2.53. The highest BCUT2D eigenvalue weighted by Crippen LogP contribution is 2.40. The van der Waals surface area contributed by atoms with Crippen LogP contribution in [-0.4, -0.2) is 98.4 Å². The van der Waals surface area contributed by atoms with Crippen molar-refractivity contribution in [1.29, 1.82) is 0 Å². The summed E-state index contributed by atoms with van der Waals surface area (Å²) in [6.07, 6.45) is 1.65. The molecule has 0 radical (unpaired) electrons. The topological polar surface area (TPSA) is 151 Å². The summed E-state index contributed by atoms with van der Waals surface area (Å²) in [6.45, 7) is 11.4. The molecule has 1 aromatic carbocycles. The Morgan fingerprint density at radius 2 is 1.81 bits per heavy atom. The molecular formula is C31H47ClN6O5. The summed E-state index contributed by atoms with van der Waals surface area (Å²) in [5.74, 6) is -0.805. The lowest BCUT2D eigenvalue weighted by atomic mass is 9.79. The van der Waals surface area contributed by atoms with E-state index in [2.05, 4.69) is 32.7 Å². The Balaban J connectivity index is 0.00000506. The number of amides is 3. The molecule has 1 unspecified atom stereocenters. The number of piperidine rings is 1. The third kappa shape index (κ3) is 6.90. The SMILES string of the molecule is CCCCN1C(=O)[C@@H]([C@H](O)C(C)C)NC(=O)C12CCN(C(c1ccc(C(=O)NCCO)cc1)c1c(C)n[nH]c1C)CC2.Cl. The number of unbranched alkanes of at least 4 members (excludes halogenated alkanes) is 1. The number of hydrogen-bond donors (Lipinski definition) is 5. The highest BCUT2D eigenvalue weighted by atomic mass is 35.5. The van der Waals surface area contributed by atoms with Crippen molar-refractivity contribution >= 4 is 30.1 Å². The van der Waals surface area contributed by atoms with Gasteiger partial charge in [0.15, 0.2) is 0 Å². The van der Waals surface area contributed by atoms with Gasteiger partial charge in [-0.05, 0) is 56.7 Å². The van der Waals surface area contributed by atoms with Crippen LogP contribution in [0.25, 0.3) is 0 Å². The van der Waals surface area contributed by atoms with Crippen LogP contribution in [0.4, 0.5) is 0 Å². The normalized spacial score (nSPS) is 20.1. The zero-order valence-electron chi connectivity index (χ0n) is 25.9. The molecule has 43 heavy (non-hydrogen) atoms. The Morgan fingerprint density at radius 3 is 2.35 bits per heavy atom. The third-order valence-electron chi connectivity index (χ3n) is 8.85. The number of aromatic amines is 1. The van der Waals surface area contributed by atoms with Crippen LogP contribution in [0.3, 0.4) is 0 Å². The summed E-state index contributed by atoms with van der Waals surface area (Å²) < 4.78 is 0. The van der Waals surface area contributed by atoms with Gasteiger partial charge >= 0.3 is 0 Å². The molecular weight excluding hydrogens is 572 g/mol. The van der Waals surface area contributed by atoms with Crippen LogP contribution >= 0.6 is 12.4 Å². The number of aromatic nitrogens is 2. The predicted octanol–water partition coefficient (Wildman–Crippen LogP) is 2.24. The fourth-order valence-corrected chi connectivity index (χ4v) is 6.36. The maximum atomic E-state index is 13.8. The van der Waals surface area contributed by atoms with Gasteiger partial charge in [-0.1, -0.05) is 39.3 Å². The molecule has 2 fully saturated rings. The molecule has 12 heteroatoms. The summed E-state index contributed by atoms with van der Waals surface area (Å²) in [5, 5.41) is 32.9. The van der Waals surface area contributed by atoms with Gasteiger partial charge < -0.3 is 25.7 Å². The average molecular weight is 619 g/mol. The number of nitrogens with one attached hydrogen (secondary N) is 3. The number of aliphatic hydroxyl groups excluding tert-OH is 2. The Labute approximate surface area is 260 Å². The van der Waals surface area contributed by atoms with Gasteiger partial charge in [-0.3, -0.25) is 24.4 Å². The maximum Gasteiger partial charge on any atom is 0.251 e. The number of piperazine rings is 1. The van der Waals surface area contributed by atoms with E-state index in [1.807, 2.05) is 39.8 Å². The van der Waals surface area contributed by atoms with Gasteiger partial charge in [-0.2, -0.15) is 5.10 Å². The lowest BCUT2D eigenvalue weighted by Crippen LogP contribution is -2.75. The summed E-state index contributed by atoms with van der Waals surface area (Å²) in [6, 6.07) is 6.34. The van der Waals surface area contributed by atoms with E-state index in [1.165, 1.54) is 0 Å². The Morgan fingerprint density at radius 1 is 1.16 bits per heavy atom. The van der Waals surface area contributed by atoms with Crippen LogP contribution in [0.1, 0.15) is 85.4 Å². The molecule has 2 saturated heterocycles. The maximum absolute atomic E-state index is 13.8. The van der Waals surface area contributed by atoms with E-state index in [1.54, 1.807) is 17.0 Å². The van der Waals surface area contributed by atoms with Gasteiger partial charge in [0.1, 0.15) is 11.6 Å². The molecule has 0 bridgehead atoms. The molecule has 0 saturated carbocycles. The summed E-state index contributed by atoms with van der Waals surface area (Å²) in [7, 11) is 0. The second-order valence-electron chi connectivity index (χ2n) is 11.9.